The van der Waals surface area contributed by atoms with Gasteiger partial charge >= 0.3 is 0 Å². The highest BCUT2D eigenvalue weighted by Gasteiger charge is 2.49. The van der Waals surface area contributed by atoms with Crippen molar-refractivity contribution in [1.82, 2.24) is 0 Å². The average Bonchev–Trinajstić information content (AvgIpc) is 2.61. The van der Waals surface area contributed by atoms with Crippen LogP contribution < -0.4 is 0 Å². The van der Waals surface area contributed by atoms with Crippen LogP contribution in [-0.2, 0) is 0 Å². The highest BCUT2D eigenvalue weighted by Crippen LogP contribution is 2.58. The van der Waals surface area contributed by atoms with Gasteiger partial charge in [-0.3, -0.25) is 0 Å². The Bertz CT molecular complexity index is 294. The minimum atomic E-state index is 1.15. The maximum atomic E-state index is 1.65. The molecule has 0 aromatic heterocycles. The van der Waals surface area contributed by atoms with E-state index < -0.39 is 0 Å². The zero-order valence-corrected chi connectivity index (χ0v) is 11.9. The molecule has 0 heterocycles. The van der Waals surface area contributed by atoms with Crippen molar-refractivity contribution >= 4 is 0 Å². The topological polar surface area (TPSA) is 0 Å². The van der Waals surface area contributed by atoms with Crippen LogP contribution in [0.3, 0.4) is 0 Å². The van der Waals surface area contributed by atoms with E-state index >= 15 is 0 Å². The lowest BCUT2D eigenvalue weighted by Gasteiger charge is -2.44. The van der Waals surface area contributed by atoms with Crippen molar-refractivity contribution in [2.24, 2.45) is 35.5 Å². The first-order chi connectivity index (χ1) is 8.93. The van der Waals surface area contributed by atoms with Crippen LogP contribution in [0.1, 0.15) is 77.0 Å². The third kappa shape index (κ3) is 1.86. The molecule has 6 atom stereocenters. The summed E-state index contributed by atoms with van der Waals surface area (Å²) in [6.45, 7) is 0. The third-order valence-corrected chi connectivity index (χ3v) is 7.28. The summed E-state index contributed by atoms with van der Waals surface area (Å²) < 4.78 is 0. The molecule has 0 radical (unpaired) electrons. The molecular weight excluding hydrogens is 216 g/mol. The van der Waals surface area contributed by atoms with Gasteiger partial charge in [-0.2, -0.15) is 0 Å². The van der Waals surface area contributed by atoms with Crippen molar-refractivity contribution in [3.63, 3.8) is 0 Å². The molecule has 0 aromatic rings. The zero-order valence-electron chi connectivity index (χ0n) is 11.9. The van der Waals surface area contributed by atoms with Gasteiger partial charge in [0.1, 0.15) is 0 Å². The summed E-state index contributed by atoms with van der Waals surface area (Å²) in [6, 6.07) is 0. The number of fused-ring (bicyclic) bond motifs is 5. The molecule has 0 bridgehead atoms. The molecule has 0 aromatic carbocycles. The minimum Gasteiger partial charge on any atom is -0.0533 e. The smallest absolute Gasteiger partial charge is 0.0349 e. The van der Waals surface area contributed by atoms with Crippen LogP contribution in [-0.4, -0.2) is 0 Å². The fraction of sp³-hybridized carbons (Fsp3) is 1.00. The molecule has 0 heteroatoms. The quantitative estimate of drug-likeness (QED) is 0.535. The van der Waals surface area contributed by atoms with Crippen LogP contribution in [0.4, 0.5) is 0 Å². The van der Waals surface area contributed by atoms with E-state index in [1.807, 2.05) is 0 Å². The maximum absolute atomic E-state index is 1.65. The van der Waals surface area contributed by atoms with Crippen molar-refractivity contribution < 1.29 is 0 Å². The zero-order chi connectivity index (χ0) is 11.9. The van der Waals surface area contributed by atoms with E-state index in [-0.39, 0.29) is 0 Å². The van der Waals surface area contributed by atoms with E-state index in [0.717, 1.165) is 11.8 Å². The lowest BCUT2D eigenvalue weighted by Crippen LogP contribution is -2.35. The lowest BCUT2D eigenvalue weighted by atomic mass is 9.61. The summed E-state index contributed by atoms with van der Waals surface area (Å²) in [5.41, 5.74) is 0. The maximum Gasteiger partial charge on any atom is -0.0349 e. The summed E-state index contributed by atoms with van der Waals surface area (Å²) in [4.78, 5) is 0. The van der Waals surface area contributed by atoms with Crippen LogP contribution in [0.25, 0.3) is 0 Å². The van der Waals surface area contributed by atoms with Crippen LogP contribution in [0.5, 0.6) is 0 Å². The monoisotopic (exact) mass is 246 g/mol. The summed E-state index contributed by atoms with van der Waals surface area (Å²) >= 11 is 0. The fourth-order valence-corrected chi connectivity index (χ4v) is 6.60. The van der Waals surface area contributed by atoms with Crippen LogP contribution in [0.2, 0.25) is 0 Å². The van der Waals surface area contributed by atoms with E-state index in [2.05, 4.69) is 0 Å². The highest BCUT2D eigenvalue weighted by atomic mass is 14.5. The predicted molar refractivity (Wildman–Crippen MR) is 76.3 cm³/mol. The summed E-state index contributed by atoms with van der Waals surface area (Å²) in [6.07, 6.45) is 19.0. The lowest BCUT2D eigenvalue weighted by molar-refractivity contribution is 0.0572. The van der Waals surface area contributed by atoms with Gasteiger partial charge in [0, 0.05) is 0 Å². The molecule has 4 fully saturated rings. The molecular formula is C18H30. The Kier molecular flexibility index (Phi) is 3.17. The average molecular weight is 246 g/mol. The van der Waals surface area contributed by atoms with Crippen molar-refractivity contribution in [2.45, 2.75) is 77.0 Å². The van der Waals surface area contributed by atoms with E-state index in [0.29, 0.717) is 0 Å². The Balaban J connectivity index is 1.54. The van der Waals surface area contributed by atoms with Crippen LogP contribution in [0, 0.1) is 35.5 Å². The van der Waals surface area contributed by atoms with Gasteiger partial charge in [-0.15, -0.1) is 0 Å². The van der Waals surface area contributed by atoms with Crippen molar-refractivity contribution in [1.29, 1.82) is 0 Å². The molecule has 0 aliphatic heterocycles. The van der Waals surface area contributed by atoms with E-state index in [1.165, 1.54) is 30.1 Å². The molecule has 0 nitrogen and oxygen atoms in total. The predicted octanol–water partition coefficient (Wildman–Crippen LogP) is 5.42. The van der Waals surface area contributed by atoms with Crippen molar-refractivity contribution in [3.8, 4) is 0 Å². The normalized spacial score (nSPS) is 52.0. The first-order valence-electron chi connectivity index (χ1n) is 8.93. The van der Waals surface area contributed by atoms with E-state index in [1.54, 1.807) is 70.6 Å². The molecule has 4 saturated carbocycles. The Morgan fingerprint density at radius 1 is 0.389 bits per heavy atom. The number of rotatable bonds is 0. The Hall–Kier alpha value is 0. The molecule has 0 amide bonds. The number of hydrogen-bond acceptors (Lipinski definition) is 0. The highest BCUT2D eigenvalue weighted by molar-refractivity contribution is 4.99. The second-order valence-corrected chi connectivity index (χ2v) is 7.91. The Labute approximate surface area is 113 Å². The molecule has 0 saturated heterocycles. The van der Waals surface area contributed by atoms with Gasteiger partial charge in [-0.1, -0.05) is 44.9 Å². The first-order valence-corrected chi connectivity index (χ1v) is 8.93. The van der Waals surface area contributed by atoms with E-state index in [4.69, 9.17) is 0 Å². The molecule has 6 unspecified atom stereocenters. The van der Waals surface area contributed by atoms with Gasteiger partial charge in [0.25, 0.3) is 0 Å². The van der Waals surface area contributed by atoms with Gasteiger partial charge in [0.2, 0.25) is 0 Å². The first kappa shape index (κ1) is 11.8. The fourth-order valence-electron chi connectivity index (χ4n) is 6.60. The Morgan fingerprint density at radius 3 is 2.00 bits per heavy atom. The van der Waals surface area contributed by atoms with Gasteiger partial charge in [0.15, 0.2) is 0 Å². The largest absolute Gasteiger partial charge is 0.0533 e. The molecule has 4 aliphatic rings. The van der Waals surface area contributed by atoms with Gasteiger partial charge < -0.3 is 0 Å². The van der Waals surface area contributed by atoms with Crippen molar-refractivity contribution in [2.75, 3.05) is 0 Å². The SMILES string of the molecule is C1CCC2CC3C4CCCCC4CCC3C2CC1. The van der Waals surface area contributed by atoms with Gasteiger partial charge in [-0.05, 0) is 67.6 Å². The third-order valence-electron chi connectivity index (χ3n) is 7.28. The molecule has 4 aliphatic carbocycles. The van der Waals surface area contributed by atoms with Crippen molar-refractivity contribution in [3.05, 3.63) is 0 Å². The Morgan fingerprint density at radius 2 is 1.06 bits per heavy atom. The van der Waals surface area contributed by atoms with Gasteiger partial charge in [-0.25, -0.2) is 0 Å². The van der Waals surface area contributed by atoms with Crippen LogP contribution >= 0.6 is 0 Å². The molecule has 4 rings (SSSR count). The summed E-state index contributed by atoms with van der Waals surface area (Å²) in [5, 5.41) is 0. The summed E-state index contributed by atoms with van der Waals surface area (Å²) in [7, 11) is 0. The molecule has 102 valence electrons. The molecule has 0 spiro atoms. The molecule has 18 heavy (non-hydrogen) atoms. The minimum absolute atomic E-state index is 1.15. The standard InChI is InChI=1S/C18H30/c1-2-7-14-12-18-15-9-5-4-6-13(15)10-11-17(18)16(14)8-3-1/h13-18H,1-12H2. The van der Waals surface area contributed by atoms with Crippen LogP contribution in [0.15, 0.2) is 0 Å². The number of hydrogen-bond donors (Lipinski definition) is 0. The molecule has 0 N–H and O–H groups in total. The van der Waals surface area contributed by atoms with Gasteiger partial charge in [0.05, 0.1) is 0 Å². The second-order valence-electron chi connectivity index (χ2n) is 7.91. The second kappa shape index (κ2) is 4.84. The summed E-state index contributed by atoms with van der Waals surface area (Å²) in [5.74, 6) is 7.00. The van der Waals surface area contributed by atoms with E-state index in [9.17, 15) is 0 Å².